The molecule has 0 radical (unpaired) electrons. The van der Waals surface area contributed by atoms with Crippen molar-refractivity contribution in [3.05, 3.63) is 66.2 Å². The SMILES string of the molecule is C=CCc1cc(-c2ccc(C(F)(F)F)cc2)ccc1O. The molecule has 2 rings (SSSR count). The van der Waals surface area contributed by atoms with E-state index in [1.807, 2.05) is 0 Å². The molecule has 0 bridgehead atoms. The number of hydrogen-bond donors (Lipinski definition) is 1. The van der Waals surface area contributed by atoms with Crippen LogP contribution < -0.4 is 0 Å². The lowest BCUT2D eigenvalue weighted by atomic mass is 10.00. The van der Waals surface area contributed by atoms with Gasteiger partial charge in [0, 0.05) is 0 Å². The van der Waals surface area contributed by atoms with Crippen LogP contribution in [0.2, 0.25) is 0 Å². The summed E-state index contributed by atoms with van der Waals surface area (Å²) in [5, 5.41) is 9.67. The first-order valence-electron chi connectivity index (χ1n) is 6.02. The van der Waals surface area contributed by atoms with E-state index >= 15 is 0 Å². The Morgan fingerprint density at radius 3 is 2.15 bits per heavy atom. The standard InChI is InChI=1S/C16H13F3O/c1-2-3-13-10-12(6-9-15(13)20)11-4-7-14(8-5-11)16(17,18)19/h2,4-10,20H,1,3H2. The van der Waals surface area contributed by atoms with Gasteiger partial charge in [-0.3, -0.25) is 0 Å². The fourth-order valence-corrected chi connectivity index (χ4v) is 1.94. The summed E-state index contributed by atoms with van der Waals surface area (Å²) in [5.74, 6) is 0.153. The molecule has 4 heteroatoms. The van der Waals surface area contributed by atoms with Crippen LogP contribution in [0.1, 0.15) is 11.1 Å². The lowest BCUT2D eigenvalue weighted by Gasteiger charge is -2.09. The van der Waals surface area contributed by atoms with Crippen LogP contribution in [-0.2, 0) is 12.6 Å². The van der Waals surface area contributed by atoms with Crippen LogP contribution in [0.3, 0.4) is 0 Å². The first-order chi connectivity index (χ1) is 9.41. The minimum absolute atomic E-state index is 0.153. The van der Waals surface area contributed by atoms with Gasteiger partial charge >= 0.3 is 6.18 Å². The highest BCUT2D eigenvalue weighted by Gasteiger charge is 2.29. The van der Waals surface area contributed by atoms with Crippen molar-refractivity contribution in [3.8, 4) is 16.9 Å². The summed E-state index contributed by atoms with van der Waals surface area (Å²) in [6.07, 6.45) is -2.17. The zero-order valence-corrected chi connectivity index (χ0v) is 10.6. The fourth-order valence-electron chi connectivity index (χ4n) is 1.94. The highest BCUT2D eigenvalue weighted by Crippen LogP contribution is 2.32. The van der Waals surface area contributed by atoms with E-state index in [4.69, 9.17) is 0 Å². The van der Waals surface area contributed by atoms with Crippen LogP contribution in [0.25, 0.3) is 11.1 Å². The van der Waals surface area contributed by atoms with Gasteiger partial charge in [-0.05, 0) is 47.4 Å². The first kappa shape index (κ1) is 14.2. The molecule has 0 amide bonds. The third-order valence-corrected chi connectivity index (χ3v) is 2.99. The molecule has 0 aliphatic rings. The Morgan fingerprint density at radius 1 is 1.00 bits per heavy atom. The number of alkyl halides is 3. The van der Waals surface area contributed by atoms with Gasteiger partial charge in [0.1, 0.15) is 5.75 Å². The molecule has 0 spiro atoms. The molecule has 1 N–H and O–H groups in total. The summed E-state index contributed by atoms with van der Waals surface area (Å²) in [7, 11) is 0. The van der Waals surface area contributed by atoms with E-state index in [1.165, 1.54) is 18.2 Å². The number of benzene rings is 2. The van der Waals surface area contributed by atoms with Crippen molar-refractivity contribution >= 4 is 0 Å². The topological polar surface area (TPSA) is 20.2 Å². The van der Waals surface area contributed by atoms with Crippen molar-refractivity contribution in [2.75, 3.05) is 0 Å². The Balaban J connectivity index is 2.37. The second-order valence-electron chi connectivity index (χ2n) is 4.41. The van der Waals surface area contributed by atoms with Gasteiger partial charge in [0.2, 0.25) is 0 Å². The molecule has 20 heavy (non-hydrogen) atoms. The van der Waals surface area contributed by atoms with Crippen molar-refractivity contribution in [3.63, 3.8) is 0 Å². The summed E-state index contributed by atoms with van der Waals surface area (Å²) >= 11 is 0. The minimum Gasteiger partial charge on any atom is -0.508 e. The van der Waals surface area contributed by atoms with Gasteiger partial charge in [0.15, 0.2) is 0 Å². The summed E-state index contributed by atoms with van der Waals surface area (Å²) in [6.45, 7) is 3.60. The fraction of sp³-hybridized carbons (Fsp3) is 0.125. The highest BCUT2D eigenvalue weighted by molar-refractivity contribution is 5.66. The van der Waals surface area contributed by atoms with E-state index in [2.05, 4.69) is 6.58 Å². The van der Waals surface area contributed by atoms with Gasteiger partial charge in [0.25, 0.3) is 0 Å². The molecule has 2 aromatic rings. The first-order valence-corrected chi connectivity index (χ1v) is 6.02. The van der Waals surface area contributed by atoms with Crippen LogP contribution >= 0.6 is 0 Å². The molecule has 0 aliphatic heterocycles. The highest BCUT2D eigenvalue weighted by atomic mass is 19.4. The second-order valence-corrected chi connectivity index (χ2v) is 4.41. The predicted molar refractivity (Wildman–Crippen MR) is 72.4 cm³/mol. The third-order valence-electron chi connectivity index (χ3n) is 2.99. The molecule has 0 heterocycles. The predicted octanol–water partition coefficient (Wildman–Crippen LogP) is 4.81. The maximum atomic E-state index is 12.5. The van der Waals surface area contributed by atoms with Gasteiger partial charge in [0.05, 0.1) is 5.56 Å². The number of allylic oxidation sites excluding steroid dienone is 1. The summed E-state index contributed by atoms with van der Waals surface area (Å²) in [6, 6.07) is 9.90. The van der Waals surface area contributed by atoms with E-state index < -0.39 is 11.7 Å². The number of phenolic OH excluding ortho intramolecular Hbond substituents is 1. The van der Waals surface area contributed by atoms with E-state index in [-0.39, 0.29) is 5.75 Å². The quantitative estimate of drug-likeness (QED) is 0.799. The van der Waals surface area contributed by atoms with E-state index in [0.717, 1.165) is 17.7 Å². The van der Waals surface area contributed by atoms with Gasteiger partial charge in [-0.25, -0.2) is 0 Å². The van der Waals surface area contributed by atoms with E-state index in [9.17, 15) is 18.3 Å². The van der Waals surface area contributed by atoms with Gasteiger partial charge in [-0.2, -0.15) is 13.2 Å². The number of rotatable bonds is 3. The lowest BCUT2D eigenvalue weighted by molar-refractivity contribution is -0.137. The Bertz CT molecular complexity index is 613. The molecule has 0 saturated carbocycles. The number of phenols is 1. The number of hydrogen-bond acceptors (Lipinski definition) is 1. The average Bonchev–Trinajstić information content (AvgIpc) is 2.41. The normalized spacial score (nSPS) is 11.3. The van der Waals surface area contributed by atoms with E-state index in [0.29, 0.717) is 17.5 Å². The molecular weight excluding hydrogens is 265 g/mol. The van der Waals surface area contributed by atoms with Crippen LogP contribution in [0, 0.1) is 0 Å². The average molecular weight is 278 g/mol. The zero-order chi connectivity index (χ0) is 14.8. The molecule has 104 valence electrons. The monoisotopic (exact) mass is 278 g/mol. The maximum Gasteiger partial charge on any atom is 0.416 e. The van der Waals surface area contributed by atoms with Crippen molar-refractivity contribution in [1.29, 1.82) is 0 Å². The van der Waals surface area contributed by atoms with Gasteiger partial charge in [-0.15, -0.1) is 6.58 Å². The Labute approximate surface area is 115 Å². The van der Waals surface area contributed by atoms with Crippen molar-refractivity contribution in [1.82, 2.24) is 0 Å². The molecule has 0 saturated heterocycles. The van der Waals surface area contributed by atoms with Crippen molar-refractivity contribution in [2.24, 2.45) is 0 Å². The Morgan fingerprint density at radius 2 is 1.60 bits per heavy atom. The van der Waals surface area contributed by atoms with Crippen LogP contribution in [0.5, 0.6) is 5.75 Å². The third kappa shape index (κ3) is 3.02. The largest absolute Gasteiger partial charge is 0.508 e. The molecule has 0 fully saturated rings. The van der Waals surface area contributed by atoms with Crippen LogP contribution in [0.4, 0.5) is 13.2 Å². The summed E-state index contributed by atoms with van der Waals surface area (Å²) in [4.78, 5) is 0. The molecule has 0 unspecified atom stereocenters. The van der Waals surface area contributed by atoms with Crippen LogP contribution in [0.15, 0.2) is 55.1 Å². The maximum absolute atomic E-state index is 12.5. The van der Waals surface area contributed by atoms with Gasteiger partial charge in [-0.1, -0.05) is 24.3 Å². The van der Waals surface area contributed by atoms with Crippen molar-refractivity contribution in [2.45, 2.75) is 12.6 Å². The van der Waals surface area contributed by atoms with E-state index in [1.54, 1.807) is 18.2 Å². The van der Waals surface area contributed by atoms with Gasteiger partial charge < -0.3 is 5.11 Å². The van der Waals surface area contributed by atoms with Crippen molar-refractivity contribution < 1.29 is 18.3 Å². The summed E-state index contributed by atoms with van der Waals surface area (Å²) in [5.41, 5.74) is 1.44. The molecule has 0 aliphatic carbocycles. The molecular formula is C16H13F3O. The Kier molecular flexibility index (Phi) is 3.84. The minimum atomic E-state index is -4.33. The smallest absolute Gasteiger partial charge is 0.416 e. The number of aromatic hydroxyl groups is 1. The lowest BCUT2D eigenvalue weighted by Crippen LogP contribution is -2.03. The zero-order valence-electron chi connectivity index (χ0n) is 10.6. The van der Waals surface area contributed by atoms with Crippen LogP contribution in [-0.4, -0.2) is 5.11 Å². The number of halogens is 3. The Hall–Kier alpha value is -2.23. The second kappa shape index (κ2) is 5.41. The molecule has 0 atom stereocenters. The molecule has 0 aromatic heterocycles. The molecule has 2 aromatic carbocycles. The molecule has 1 nitrogen and oxygen atoms in total. The summed E-state index contributed by atoms with van der Waals surface area (Å²) < 4.78 is 37.5.